The predicted octanol–water partition coefficient (Wildman–Crippen LogP) is 3.78. The number of nitrogens with zero attached hydrogens (tertiary/aromatic N) is 3. The third-order valence-corrected chi connectivity index (χ3v) is 3.88. The summed E-state index contributed by atoms with van der Waals surface area (Å²) < 4.78 is 39.8. The van der Waals surface area contributed by atoms with Crippen LogP contribution in [0.2, 0.25) is 5.02 Å². The number of carbonyl (C=O) groups excluding carboxylic acids is 1. The molecule has 8 heteroatoms. The quantitative estimate of drug-likeness (QED) is 0.798. The van der Waals surface area contributed by atoms with Crippen molar-refractivity contribution in [3.63, 3.8) is 0 Å². The van der Waals surface area contributed by atoms with E-state index in [1.807, 2.05) is 6.92 Å². The highest BCUT2D eigenvalue weighted by molar-refractivity contribution is 6.31. The minimum Gasteiger partial charge on any atom is -0.305 e. The van der Waals surface area contributed by atoms with E-state index in [9.17, 15) is 18.0 Å². The number of alkyl halides is 3. The van der Waals surface area contributed by atoms with Crippen LogP contribution in [-0.4, -0.2) is 22.2 Å². The average molecular weight is 330 g/mol. The summed E-state index contributed by atoms with van der Waals surface area (Å²) in [5, 5.41) is 3.65. The van der Waals surface area contributed by atoms with Crippen molar-refractivity contribution in [1.82, 2.24) is 9.78 Å². The van der Waals surface area contributed by atoms with E-state index in [-0.39, 0.29) is 11.9 Å². The Morgan fingerprint density at radius 2 is 2.05 bits per heavy atom. The number of benzene rings is 1. The van der Waals surface area contributed by atoms with E-state index in [4.69, 9.17) is 11.6 Å². The van der Waals surface area contributed by atoms with Crippen LogP contribution in [0.3, 0.4) is 0 Å². The van der Waals surface area contributed by atoms with Crippen molar-refractivity contribution in [3.05, 3.63) is 46.7 Å². The summed E-state index contributed by atoms with van der Waals surface area (Å²) in [7, 11) is 0. The molecule has 0 spiro atoms. The van der Waals surface area contributed by atoms with Crippen molar-refractivity contribution in [2.75, 3.05) is 11.4 Å². The van der Waals surface area contributed by atoms with Gasteiger partial charge in [-0.2, -0.15) is 18.3 Å². The van der Waals surface area contributed by atoms with Crippen molar-refractivity contribution in [3.8, 4) is 0 Å². The fraction of sp³-hybridized carbons (Fsp3) is 0.286. The molecule has 1 aliphatic rings. The molecule has 1 aliphatic heterocycles. The first-order valence-electron chi connectivity index (χ1n) is 6.51. The molecule has 1 atom stereocenters. The summed E-state index contributed by atoms with van der Waals surface area (Å²) in [5.41, 5.74) is -0.183. The summed E-state index contributed by atoms with van der Waals surface area (Å²) in [6.07, 6.45) is -3.00. The van der Waals surface area contributed by atoms with Gasteiger partial charge in [0.05, 0.1) is 16.6 Å². The Morgan fingerprint density at radius 3 is 2.68 bits per heavy atom. The van der Waals surface area contributed by atoms with Crippen LogP contribution in [0.4, 0.5) is 18.9 Å². The number of rotatable bonds is 1. The zero-order valence-electron chi connectivity index (χ0n) is 11.4. The molecule has 22 heavy (non-hydrogen) atoms. The summed E-state index contributed by atoms with van der Waals surface area (Å²) in [4.78, 5) is 13.8. The summed E-state index contributed by atoms with van der Waals surface area (Å²) >= 11 is 5.72. The molecule has 0 fully saturated rings. The fourth-order valence-electron chi connectivity index (χ4n) is 2.52. The molecule has 0 radical (unpaired) electrons. The lowest BCUT2D eigenvalue weighted by atomic mass is 10.1. The molecule has 0 aliphatic carbocycles. The van der Waals surface area contributed by atoms with E-state index in [1.54, 1.807) is 10.7 Å². The Balaban J connectivity index is 1.99. The SMILES string of the molecule is CC1CN(c2ccc(C(F)(F)F)c(Cl)c2)C(=O)c2ccnn21. The van der Waals surface area contributed by atoms with Crippen LogP contribution in [0.15, 0.2) is 30.5 Å². The van der Waals surface area contributed by atoms with Gasteiger partial charge in [-0.15, -0.1) is 0 Å². The van der Waals surface area contributed by atoms with Crippen LogP contribution in [0, 0.1) is 0 Å². The molecule has 4 nitrogen and oxygen atoms in total. The van der Waals surface area contributed by atoms with Crippen molar-refractivity contribution >= 4 is 23.2 Å². The molecular weight excluding hydrogens is 319 g/mol. The molecule has 1 amide bonds. The summed E-state index contributed by atoms with van der Waals surface area (Å²) in [6.45, 7) is 2.19. The number of carbonyl (C=O) groups is 1. The highest BCUT2D eigenvalue weighted by atomic mass is 35.5. The first kappa shape index (κ1) is 14.9. The van der Waals surface area contributed by atoms with Gasteiger partial charge in [0.2, 0.25) is 0 Å². The third kappa shape index (κ3) is 2.35. The Hall–Kier alpha value is -2.02. The molecule has 2 heterocycles. The third-order valence-electron chi connectivity index (χ3n) is 3.57. The molecule has 2 aromatic rings. The molecule has 3 rings (SSSR count). The second-order valence-electron chi connectivity index (χ2n) is 5.09. The van der Waals surface area contributed by atoms with Crippen LogP contribution in [0.5, 0.6) is 0 Å². The largest absolute Gasteiger partial charge is 0.417 e. The number of halogens is 4. The molecule has 1 unspecified atom stereocenters. The van der Waals surface area contributed by atoms with E-state index in [2.05, 4.69) is 5.10 Å². The number of amides is 1. The molecule has 116 valence electrons. The highest BCUT2D eigenvalue weighted by Gasteiger charge is 2.35. The van der Waals surface area contributed by atoms with Crippen LogP contribution >= 0.6 is 11.6 Å². The molecule has 0 saturated carbocycles. The maximum Gasteiger partial charge on any atom is 0.417 e. The Labute approximate surface area is 129 Å². The van der Waals surface area contributed by atoms with Gasteiger partial charge in [0.1, 0.15) is 5.69 Å². The highest BCUT2D eigenvalue weighted by Crippen LogP contribution is 2.37. The van der Waals surface area contributed by atoms with Gasteiger partial charge in [-0.25, -0.2) is 0 Å². The second kappa shape index (κ2) is 5.01. The van der Waals surface area contributed by atoms with E-state index in [1.165, 1.54) is 23.2 Å². The van der Waals surface area contributed by atoms with Crippen LogP contribution in [-0.2, 0) is 6.18 Å². The van der Waals surface area contributed by atoms with Gasteiger partial charge >= 0.3 is 6.18 Å². The van der Waals surface area contributed by atoms with Crippen molar-refractivity contribution < 1.29 is 18.0 Å². The molecule has 0 N–H and O–H groups in total. The lowest BCUT2D eigenvalue weighted by Gasteiger charge is -2.32. The second-order valence-corrected chi connectivity index (χ2v) is 5.49. The first-order chi connectivity index (χ1) is 10.3. The molecular formula is C14H11ClF3N3O. The normalized spacial score (nSPS) is 18.5. The molecule has 0 bridgehead atoms. The van der Waals surface area contributed by atoms with Crippen LogP contribution < -0.4 is 4.90 Å². The van der Waals surface area contributed by atoms with Gasteiger partial charge in [-0.3, -0.25) is 9.48 Å². The first-order valence-corrected chi connectivity index (χ1v) is 6.89. The smallest absolute Gasteiger partial charge is 0.305 e. The summed E-state index contributed by atoms with van der Waals surface area (Å²) in [6, 6.07) is 4.81. The van der Waals surface area contributed by atoms with Crippen LogP contribution in [0.25, 0.3) is 0 Å². The van der Waals surface area contributed by atoms with Gasteiger partial charge in [-0.05, 0) is 31.2 Å². The van der Waals surface area contributed by atoms with Gasteiger partial charge in [0.15, 0.2) is 0 Å². The van der Waals surface area contributed by atoms with Crippen molar-refractivity contribution in [2.45, 2.75) is 19.1 Å². The number of fused-ring (bicyclic) bond motifs is 1. The topological polar surface area (TPSA) is 38.1 Å². The van der Waals surface area contributed by atoms with E-state index >= 15 is 0 Å². The number of hydrogen-bond donors (Lipinski definition) is 0. The Morgan fingerprint density at radius 1 is 1.32 bits per heavy atom. The monoisotopic (exact) mass is 329 g/mol. The lowest BCUT2D eigenvalue weighted by Crippen LogP contribution is -2.42. The maximum atomic E-state index is 12.7. The fourth-order valence-corrected chi connectivity index (χ4v) is 2.80. The number of aromatic nitrogens is 2. The van der Waals surface area contributed by atoms with Crippen molar-refractivity contribution in [2.24, 2.45) is 0 Å². The lowest BCUT2D eigenvalue weighted by molar-refractivity contribution is -0.137. The van der Waals surface area contributed by atoms with Gasteiger partial charge in [0.25, 0.3) is 5.91 Å². The minimum atomic E-state index is -4.52. The van der Waals surface area contributed by atoms with Crippen LogP contribution in [0.1, 0.15) is 29.0 Å². The zero-order chi connectivity index (χ0) is 16.1. The predicted molar refractivity (Wildman–Crippen MR) is 75.1 cm³/mol. The molecule has 1 aromatic heterocycles. The molecule has 1 aromatic carbocycles. The Bertz CT molecular complexity index is 741. The van der Waals surface area contributed by atoms with E-state index in [0.29, 0.717) is 17.9 Å². The average Bonchev–Trinajstić information content (AvgIpc) is 2.91. The standard InChI is InChI=1S/C14H11ClF3N3O/c1-8-7-20(13(22)12-4-5-19-21(8)12)9-2-3-10(11(15)6-9)14(16,17)18/h2-6,8H,7H2,1H3. The van der Waals surface area contributed by atoms with E-state index < -0.39 is 16.8 Å². The van der Waals surface area contributed by atoms with Gasteiger partial charge < -0.3 is 4.90 Å². The van der Waals surface area contributed by atoms with Gasteiger partial charge in [-0.1, -0.05) is 11.6 Å². The Kier molecular flexibility index (Phi) is 3.40. The molecule has 0 saturated heterocycles. The zero-order valence-corrected chi connectivity index (χ0v) is 12.2. The minimum absolute atomic E-state index is 0.0798. The maximum absolute atomic E-state index is 12.7. The number of hydrogen-bond acceptors (Lipinski definition) is 2. The van der Waals surface area contributed by atoms with Gasteiger partial charge in [0, 0.05) is 18.4 Å². The summed E-state index contributed by atoms with van der Waals surface area (Å²) in [5.74, 6) is -0.313. The van der Waals surface area contributed by atoms with Crippen molar-refractivity contribution in [1.29, 1.82) is 0 Å². The number of anilines is 1. The van der Waals surface area contributed by atoms with E-state index in [0.717, 1.165) is 6.07 Å².